The van der Waals surface area contributed by atoms with Crippen molar-refractivity contribution in [1.29, 1.82) is 0 Å². The van der Waals surface area contributed by atoms with Crippen LogP contribution in [0, 0.1) is 13.8 Å². The molecule has 0 aliphatic heterocycles. The number of benzene rings is 3. The first-order valence-corrected chi connectivity index (χ1v) is 11.0. The number of carbonyl (C=O) groups is 2. The number of rotatable bonds is 5. The van der Waals surface area contributed by atoms with Crippen molar-refractivity contribution in [2.24, 2.45) is 0 Å². The molecule has 5 heteroatoms. The highest BCUT2D eigenvalue weighted by atomic mass is 16.5. The van der Waals surface area contributed by atoms with E-state index in [9.17, 15) is 9.59 Å². The van der Waals surface area contributed by atoms with Crippen molar-refractivity contribution in [3.05, 3.63) is 113 Å². The molecule has 34 heavy (non-hydrogen) atoms. The highest BCUT2D eigenvalue weighted by Crippen LogP contribution is 2.31. The van der Waals surface area contributed by atoms with E-state index in [4.69, 9.17) is 9.47 Å². The molecule has 0 saturated heterocycles. The summed E-state index contributed by atoms with van der Waals surface area (Å²) in [5, 5.41) is 0. The van der Waals surface area contributed by atoms with Gasteiger partial charge >= 0.3 is 0 Å². The van der Waals surface area contributed by atoms with Gasteiger partial charge in [0.15, 0.2) is 11.6 Å². The average Bonchev–Trinajstić information content (AvgIpc) is 3.27. The van der Waals surface area contributed by atoms with Crippen LogP contribution in [0.2, 0.25) is 0 Å². The molecule has 0 radical (unpaired) electrons. The van der Waals surface area contributed by atoms with Crippen molar-refractivity contribution in [3.63, 3.8) is 0 Å². The highest BCUT2D eigenvalue weighted by molar-refractivity contribution is 6.41. The van der Waals surface area contributed by atoms with Crippen LogP contribution in [0.25, 0.3) is 11.8 Å². The normalized spacial score (nSPS) is 12.6. The van der Waals surface area contributed by atoms with Crippen LogP contribution < -0.4 is 9.47 Å². The number of carbonyl (C=O) groups excluding carboxylic acids is 2. The summed E-state index contributed by atoms with van der Waals surface area (Å²) >= 11 is 0. The summed E-state index contributed by atoms with van der Waals surface area (Å²) in [6.07, 6.45) is 1.71. The molecular weight excluding hydrogens is 426 g/mol. The third-order valence-electron chi connectivity index (χ3n) is 6.07. The Morgan fingerprint density at radius 3 is 1.82 bits per heavy atom. The summed E-state index contributed by atoms with van der Waals surface area (Å²) in [7, 11) is 1.63. The maximum absolute atomic E-state index is 12.8. The quantitative estimate of drug-likeness (QED) is 0.263. The molecule has 168 valence electrons. The van der Waals surface area contributed by atoms with E-state index in [1.54, 1.807) is 37.5 Å². The van der Waals surface area contributed by atoms with Gasteiger partial charge in [0.05, 0.1) is 12.7 Å². The van der Waals surface area contributed by atoms with Crippen molar-refractivity contribution in [3.8, 4) is 22.9 Å². The Morgan fingerprint density at radius 2 is 1.26 bits per heavy atom. The number of aromatic nitrogens is 1. The smallest absolute Gasteiger partial charge is 0.197 e. The molecule has 4 aromatic rings. The first kappa shape index (κ1) is 21.5. The molecule has 0 N–H and O–H groups in total. The summed E-state index contributed by atoms with van der Waals surface area (Å²) < 4.78 is 13.2. The van der Waals surface area contributed by atoms with Crippen LogP contribution in [0.4, 0.5) is 0 Å². The zero-order valence-electron chi connectivity index (χ0n) is 19.2. The van der Waals surface area contributed by atoms with Gasteiger partial charge in [0.1, 0.15) is 17.2 Å². The largest absolute Gasteiger partial charge is 0.497 e. The fourth-order valence-electron chi connectivity index (χ4n) is 4.33. The molecule has 0 atom stereocenters. The lowest BCUT2D eigenvalue weighted by Gasteiger charge is -2.11. The third kappa shape index (κ3) is 3.71. The number of hydrogen-bond donors (Lipinski definition) is 0. The predicted octanol–water partition coefficient (Wildman–Crippen LogP) is 6.36. The lowest BCUT2D eigenvalue weighted by atomic mass is 10.1. The van der Waals surface area contributed by atoms with Gasteiger partial charge in [-0.05, 0) is 80.1 Å². The molecule has 1 aliphatic carbocycles. The summed E-state index contributed by atoms with van der Waals surface area (Å²) in [5.74, 6) is 1.79. The van der Waals surface area contributed by atoms with E-state index in [-0.39, 0.29) is 17.1 Å². The summed E-state index contributed by atoms with van der Waals surface area (Å²) in [4.78, 5) is 25.6. The molecule has 3 aromatic carbocycles. The Morgan fingerprint density at radius 1 is 0.735 bits per heavy atom. The molecule has 1 heterocycles. The third-order valence-corrected chi connectivity index (χ3v) is 6.07. The van der Waals surface area contributed by atoms with Gasteiger partial charge in [0.25, 0.3) is 0 Å². The maximum Gasteiger partial charge on any atom is 0.197 e. The topological polar surface area (TPSA) is 57.5 Å². The van der Waals surface area contributed by atoms with E-state index in [1.165, 1.54) is 0 Å². The Balaban J connectivity index is 1.42. The number of hydrogen-bond acceptors (Lipinski definition) is 4. The zero-order chi connectivity index (χ0) is 23.8. The van der Waals surface area contributed by atoms with Gasteiger partial charge in [-0.3, -0.25) is 9.59 Å². The molecule has 0 bridgehead atoms. The number of ether oxygens (including phenoxy) is 2. The standard InChI is InChI=1S/C29H23NO4/c1-18-16-20(17-27-28(31)25-6-4-5-7-26(25)29(27)32)19(2)30(18)21-8-10-23(11-9-21)34-24-14-12-22(33-3)13-15-24/h4-17H,1-3H3. The number of ketones is 2. The first-order chi connectivity index (χ1) is 16.5. The van der Waals surface area contributed by atoms with Gasteiger partial charge in [-0.25, -0.2) is 0 Å². The number of allylic oxidation sites excluding steroid dienone is 1. The second-order valence-corrected chi connectivity index (χ2v) is 8.20. The van der Waals surface area contributed by atoms with Crippen molar-refractivity contribution in [2.75, 3.05) is 7.11 Å². The van der Waals surface area contributed by atoms with E-state index in [0.717, 1.165) is 39.9 Å². The van der Waals surface area contributed by atoms with Crippen molar-refractivity contribution >= 4 is 17.6 Å². The minimum atomic E-state index is -0.217. The van der Waals surface area contributed by atoms with Gasteiger partial charge in [-0.15, -0.1) is 0 Å². The number of nitrogens with zero attached hydrogens (tertiary/aromatic N) is 1. The van der Waals surface area contributed by atoms with Crippen LogP contribution >= 0.6 is 0 Å². The first-order valence-electron chi connectivity index (χ1n) is 11.0. The number of Topliss-reactive ketones (excluding diaryl/α,β-unsaturated/α-hetero) is 2. The van der Waals surface area contributed by atoms with Crippen molar-refractivity contribution in [1.82, 2.24) is 4.57 Å². The zero-order valence-corrected chi connectivity index (χ0v) is 19.2. The van der Waals surface area contributed by atoms with Crippen LogP contribution in [-0.2, 0) is 0 Å². The van der Waals surface area contributed by atoms with Gasteiger partial charge in [0, 0.05) is 28.2 Å². The molecule has 5 nitrogen and oxygen atoms in total. The lowest BCUT2D eigenvalue weighted by Crippen LogP contribution is -2.01. The summed E-state index contributed by atoms with van der Waals surface area (Å²) in [6, 6.07) is 24.2. The Hall–Kier alpha value is -4.38. The van der Waals surface area contributed by atoms with Gasteiger partial charge in [-0.1, -0.05) is 24.3 Å². The van der Waals surface area contributed by atoms with Crippen LogP contribution in [0.3, 0.4) is 0 Å². The summed E-state index contributed by atoms with van der Waals surface area (Å²) in [6.45, 7) is 3.99. The fourth-order valence-corrected chi connectivity index (χ4v) is 4.33. The van der Waals surface area contributed by atoms with E-state index in [2.05, 4.69) is 4.57 Å². The van der Waals surface area contributed by atoms with Crippen LogP contribution in [0.1, 0.15) is 37.7 Å². The Bertz CT molecular complexity index is 1400. The molecule has 0 saturated carbocycles. The molecule has 1 aliphatic rings. The second-order valence-electron chi connectivity index (χ2n) is 8.20. The lowest BCUT2D eigenvalue weighted by molar-refractivity contribution is 0.0990. The molecule has 0 amide bonds. The van der Waals surface area contributed by atoms with Crippen molar-refractivity contribution in [2.45, 2.75) is 13.8 Å². The average molecular weight is 450 g/mol. The van der Waals surface area contributed by atoms with Gasteiger partial charge in [-0.2, -0.15) is 0 Å². The molecule has 1 aromatic heterocycles. The Labute approximate surface area is 197 Å². The molecule has 0 fully saturated rings. The fraction of sp³-hybridized carbons (Fsp3) is 0.103. The number of aryl methyl sites for hydroxylation is 1. The van der Waals surface area contributed by atoms with Crippen molar-refractivity contribution < 1.29 is 19.1 Å². The van der Waals surface area contributed by atoms with E-state index in [1.807, 2.05) is 68.4 Å². The minimum absolute atomic E-state index is 0.213. The minimum Gasteiger partial charge on any atom is -0.497 e. The van der Waals surface area contributed by atoms with Gasteiger partial charge in [0.2, 0.25) is 0 Å². The SMILES string of the molecule is COc1ccc(Oc2ccc(-n3c(C)cc(C=C4C(=O)c5ccccc5C4=O)c3C)cc2)cc1. The van der Waals surface area contributed by atoms with E-state index in [0.29, 0.717) is 11.1 Å². The molecule has 0 unspecified atom stereocenters. The highest BCUT2D eigenvalue weighted by Gasteiger charge is 2.32. The monoisotopic (exact) mass is 449 g/mol. The van der Waals surface area contributed by atoms with Crippen LogP contribution in [0.5, 0.6) is 17.2 Å². The number of methoxy groups -OCH3 is 1. The van der Waals surface area contributed by atoms with E-state index < -0.39 is 0 Å². The molecule has 0 spiro atoms. The van der Waals surface area contributed by atoms with Gasteiger partial charge < -0.3 is 14.0 Å². The number of fused-ring (bicyclic) bond motifs is 1. The van der Waals surface area contributed by atoms with E-state index >= 15 is 0 Å². The molecule has 5 rings (SSSR count). The maximum atomic E-state index is 12.8. The summed E-state index contributed by atoms with van der Waals surface area (Å²) in [5.41, 5.74) is 4.92. The predicted molar refractivity (Wildman–Crippen MR) is 131 cm³/mol. The Kier molecular flexibility index (Phi) is 5.38. The molecular formula is C29H23NO4. The second kappa shape index (κ2) is 8.52. The van der Waals surface area contributed by atoms with Crippen LogP contribution in [0.15, 0.2) is 84.4 Å². The van der Waals surface area contributed by atoms with Crippen LogP contribution in [-0.4, -0.2) is 23.2 Å².